The van der Waals surface area contributed by atoms with Crippen molar-refractivity contribution in [2.45, 2.75) is 26.3 Å². The highest BCUT2D eigenvalue weighted by molar-refractivity contribution is 9.10. The molecule has 0 spiro atoms. The van der Waals surface area contributed by atoms with Crippen LogP contribution >= 0.6 is 15.9 Å². The lowest BCUT2D eigenvalue weighted by molar-refractivity contribution is 0.466. The Kier molecular flexibility index (Phi) is 3.87. The largest absolute Gasteiger partial charge is 0.365 e. The molecule has 1 aliphatic heterocycles. The molecular weight excluding hydrogens is 264 g/mol. The number of halogens is 1. The number of aryl methyl sites for hydroxylation is 1. The van der Waals surface area contributed by atoms with Crippen LogP contribution in [0.15, 0.2) is 22.7 Å². The minimum Gasteiger partial charge on any atom is -0.365 e. The van der Waals surface area contributed by atoms with Crippen molar-refractivity contribution in [2.75, 3.05) is 24.5 Å². The Hall–Kier alpha value is -0.540. The predicted molar refractivity (Wildman–Crippen MR) is 73.2 cm³/mol. The minimum absolute atomic E-state index is 0.618. The second kappa shape index (κ2) is 5.19. The third kappa shape index (κ3) is 2.41. The first kappa shape index (κ1) is 11.9. The average molecular weight is 283 g/mol. The van der Waals surface area contributed by atoms with Crippen molar-refractivity contribution in [3.05, 3.63) is 28.2 Å². The summed E-state index contributed by atoms with van der Waals surface area (Å²) in [5.74, 6) is 0. The van der Waals surface area contributed by atoms with E-state index in [1.165, 1.54) is 22.1 Å². The Morgan fingerprint density at radius 1 is 1.50 bits per heavy atom. The van der Waals surface area contributed by atoms with Crippen molar-refractivity contribution >= 4 is 21.6 Å². The summed E-state index contributed by atoms with van der Waals surface area (Å²) >= 11 is 3.68. The lowest BCUT2D eigenvalue weighted by atomic mass is 10.1. The van der Waals surface area contributed by atoms with Gasteiger partial charge in [0.1, 0.15) is 0 Å². The predicted octanol–water partition coefficient (Wildman–Crippen LogP) is 2.95. The fraction of sp³-hybridized carbons (Fsp3) is 0.538. The van der Waals surface area contributed by atoms with Gasteiger partial charge < -0.3 is 10.2 Å². The van der Waals surface area contributed by atoms with E-state index in [-0.39, 0.29) is 0 Å². The third-order valence-corrected chi connectivity index (χ3v) is 3.87. The number of nitrogens with one attached hydrogen (secondary N) is 1. The Bertz CT molecular complexity index is 365. The molecule has 1 N–H and O–H groups in total. The van der Waals surface area contributed by atoms with Crippen LogP contribution < -0.4 is 10.2 Å². The second-order valence-corrected chi connectivity index (χ2v) is 5.27. The van der Waals surface area contributed by atoms with Crippen molar-refractivity contribution in [3.8, 4) is 0 Å². The van der Waals surface area contributed by atoms with E-state index < -0.39 is 0 Å². The summed E-state index contributed by atoms with van der Waals surface area (Å²) < 4.78 is 1.22. The zero-order valence-corrected chi connectivity index (χ0v) is 11.5. The van der Waals surface area contributed by atoms with Gasteiger partial charge in [0, 0.05) is 30.1 Å². The van der Waals surface area contributed by atoms with Crippen LogP contribution in [0.5, 0.6) is 0 Å². The molecule has 1 fully saturated rings. The van der Waals surface area contributed by atoms with Crippen molar-refractivity contribution < 1.29 is 0 Å². The smallest absolute Gasteiger partial charge is 0.0514 e. The maximum Gasteiger partial charge on any atom is 0.0514 e. The molecule has 0 aliphatic carbocycles. The maximum absolute atomic E-state index is 3.68. The normalized spacial score (nSPS) is 21.2. The van der Waals surface area contributed by atoms with Gasteiger partial charge in [-0.15, -0.1) is 0 Å². The molecule has 1 aromatic carbocycles. The lowest BCUT2D eigenvalue weighted by Crippen LogP contribution is -2.51. The minimum atomic E-state index is 0.618. The summed E-state index contributed by atoms with van der Waals surface area (Å²) in [4.78, 5) is 2.51. The molecule has 0 bridgehead atoms. The SMILES string of the molecule is CCC1CNCCN1c1ccc(C)cc1Br. The summed E-state index contributed by atoms with van der Waals surface area (Å²) in [5.41, 5.74) is 2.64. The van der Waals surface area contributed by atoms with E-state index in [4.69, 9.17) is 0 Å². The van der Waals surface area contributed by atoms with Crippen molar-refractivity contribution in [1.29, 1.82) is 0 Å². The number of hydrogen-bond donors (Lipinski definition) is 1. The van der Waals surface area contributed by atoms with Gasteiger partial charge in [-0.05, 0) is 47.0 Å². The molecule has 0 radical (unpaired) electrons. The molecule has 88 valence electrons. The topological polar surface area (TPSA) is 15.3 Å². The number of piperazine rings is 1. The standard InChI is InChI=1S/C13H19BrN2/c1-3-11-9-15-6-7-16(11)13-5-4-10(2)8-12(13)14/h4-5,8,11,15H,3,6-7,9H2,1-2H3. The fourth-order valence-corrected chi connectivity index (χ4v) is 3.01. The van der Waals surface area contributed by atoms with E-state index in [2.05, 4.69) is 58.2 Å². The highest BCUT2D eigenvalue weighted by Crippen LogP contribution is 2.29. The zero-order chi connectivity index (χ0) is 11.5. The molecule has 0 saturated carbocycles. The molecule has 2 nitrogen and oxygen atoms in total. The highest BCUT2D eigenvalue weighted by Gasteiger charge is 2.22. The second-order valence-electron chi connectivity index (χ2n) is 4.41. The highest BCUT2D eigenvalue weighted by atomic mass is 79.9. The van der Waals surface area contributed by atoms with E-state index in [1.807, 2.05) is 0 Å². The van der Waals surface area contributed by atoms with E-state index >= 15 is 0 Å². The summed E-state index contributed by atoms with van der Waals surface area (Å²) in [6.07, 6.45) is 1.19. The number of hydrogen-bond acceptors (Lipinski definition) is 2. The molecule has 3 heteroatoms. The quantitative estimate of drug-likeness (QED) is 0.897. The Morgan fingerprint density at radius 2 is 2.31 bits per heavy atom. The number of benzene rings is 1. The first-order chi connectivity index (χ1) is 7.72. The number of anilines is 1. The van der Waals surface area contributed by atoms with Gasteiger partial charge in [-0.1, -0.05) is 13.0 Å². The van der Waals surface area contributed by atoms with E-state index in [0.29, 0.717) is 6.04 Å². The van der Waals surface area contributed by atoms with Crippen LogP contribution in [0.4, 0.5) is 5.69 Å². The van der Waals surface area contributed by atoms with Crippen molar-refractivity contribution in [1.82, 2.24) is 5.32 Å². The average Bonchev–Trinajstić information content (AvgIpc) is 2.29. The van der Waals surface area contributed by atoms with Crippen LogP contribution in [0.1, 0.15) is 18.9 Å². The van der Waals surface area contributed by atoms with Gasteiger partial charge in [-0.25, -0.2) is 0 Å². The van der Waals surface area contributed by atoms with Crippen LogP contribution in [-0.2, 0) is 0 Å². The molecule has 1 aliphatic rings. The Balaban J connectivity index is 2.27. The first-order valence-corrected chi connectivity index (χ1v) is 6.75. The Labute approximate surface area is 106 Å². The summed E-state index contributed by atoms with van der Waals surface area (Å²) in [6.45, 7) is 7.66. The molecular formula is C13H19BrN2. The summed E-state index contributed by atoms with van der Waals surface area (Å²) in [7, 11) is 0. The third-order valence-electron chi connectivity index (χ3n) is 3.23. The van der Waals surface area contributed by atoms with Crippen LogP contribution in [-0.4, -0.2) is 25.7 Å². The fourth-order valence-electron chi connectivity index (χ4n) is 2.29. The zero-order valence-electron chi connectivity index (χ0n) is 9.96. The van der Waals surface area contributed by atoms with Gasteiger partial charge in [-0.3, -0.25) is 0 Å². The first-order valence-electron chi connectivity index (χ1n) is 5.96. The molecule has 1 heterocycles. The van der Waals surface area contributed by atoms with Gasteiger partial charge in [0.05, 0.1) is 5.69 Å². The molecule has 16 heavy (non-hydrogen) atoms. The molecule has 2 rings (SSSR count). The molecule has 1 aromatic rings. The lowest BCUT2D eigenvalue weighted by Gasteiger charge is -2.38. The van der Waals surface area contributed by atoms with Crippen molar-refractivity contribution in [3.63, 3.8) is 0 Å². The van der Waals surface area contributed by atoms with Crippen LogP contribution in [0.3, 0.4) is 0 Å². The molecule has 1 saturated heterocycles. The Morgan fingerprint density at radius 3 is 3.00 bits per heavy atom. The van der Waals surface area contributed by atoms with Crippen LogP contribution in [0, 0.1) is 6.92 Å². The van der Waals surface area contributed by atoms with Gasteiger partial charge in [0.15, 0.2) is 0 Å². The monoisotopic (exact) mass is 282 g/mol. The summed E-state index contributed by atoms with van der Waals surface area (Å²) in [6, 6.07) is 7.24. The number of rotatable bonds is 2. The molecule has 1 unspecified atom stereocenters. The maximum atomic E-state index is 3.68. The van der Waals surface area contributed by atoms with Crippen LogP contribution in [0.2, 0.25) is 0 Å². The van der Waals surface area contributed by atoms with Gasteiger partial charge in [-0.2, -0.15) is 0 Å². The van der Waals surface area contributed by atoms with E-state index in [9.17, 15) is 0 Å². The molecule has 0 amide bonds. The van der Waals surface area contributed by atoms with E-state index in [1.54, 1.807) is 0 Å². The summed E-state index contributed by atoms with van der Waals surface area (Å²) in [5, 5.41) is 3.46. The van der Waals surface area contributed by atoms with Gasteiger partial charge in [0.25, 0.3) is 0 Å². The van der Waals surface area contributed by atoms with Gasteiger partial charge >= 0.3 is 0 Å². The van der Waals surface area contributed by atoms with E-state index in [0.717, 1.165) is 19.6 Å². The molecule has 1 atom stereocenters. The van der Waals surface area contributed by atoms with Crippen molar-refractivity contribution in [2.24, 2.45) is 0 Å². The van der Waals surface area contributed by atoms with Gasteiger partial charge in [0.2, 0.25) is 0 Å². The molecule has 0 aromatic heterocycles. The number of nitrogens with zero attached hydrogens (tertiary/aromatic N) is 1. The van der Waals surface area contributed by atoms with Crippen LogP contribution in [0.25, 0.3) is 0 Å².